The zero-order valence-electron chi connectivity index (χ0n) is 9.82. The van der Waals surface area contributed by atoms with Crippen molar-refractivity contribution in [2.75, 3.05) is 13.2 Å². The van der Waals surface area contributed by atoms with Crippen LogP contribution in [0.3, 0.4) is 0 Å². The fourth-order valence-corrected chi connectivity index (χ4v) is 2.35. The van der Waals surface area contributed by atoms with Crippen LogP contribution in [0, 0.1) is 6.92 Å². The van der Waals surface area contributed by atoms with Crippen LogP contribution in [0.1, 0.15) is 28.8 Å². The molecule has 1 atom stereocenters. The lowest BCUT2D eigenvalue weighted by atomic mass is 10.1. The number of carbonyl (C=O) groups is 1. The van der Waals surface area contributed by atoms with Gasteiger partial charge in [0.25, 0.3) is 5.91 Å². The van der Waals surface area contributed by atoms with Crippen molar-refractivity contribution >= 4 is 17.5 Å². The summed E-state index contributed by atoms with van der Waals surface area (Å²) in [5.74, 6) is -0.0127. The van der Waals surface area contributed by atoms with Crippen molar-refractivity contribution in [3.8, 4) is 0 Å². The number of halogens is 1. The van der Waals surface area contributed by atoms with Crippen molar-refractivity contribution in [2.45, 2.75) is 25.8 Å². The second kappa shape index (κ2) is 5.07. The van der Waals surface area contributed by atoms with Crippen LogP contribution in [-0.2, 0) is 0 Å². The Hall–Kier alpha value is -1.06. The monoisotopic (exact) mass is 253 g/mol. The van der Waals surface area contributed by atoms with E-state index in [-0.39, 0.29) is 18.6 Å². The van der Waals surface area contributed by atoms with Crippen LogP contribution in [0.4, 0.5) is 0 Å². The average molecular weight is 254 g/mol. The van der Waals surface area contributed by atoms with Gasteiger partial charge in [-0.25, -0.2) is 0 Å². The number of carbonyl (C=O) groups excluding carboxylic acids is 1. The molecular weight excluding hydrogens is 238 g/mol. The summed E-state index contributed by atoms with van der Waals surface area (Å²) in [5.41, 5.74) is 1.55. The molecule has 92 valence electrons. The molecule has 17 heavy (non-hydrogen) atoms. The van der Waals surface area contributed by atoms with Gasteiger partial charge in [-0.3, -0.25) is 4.79 Å². The third-order valence-electron chi connectivity index (χ3n) is 3.25. The predicted octanol–water partition coefficient (Wildman–Crippen LogP) is 2.25. The van der Waals surface area contributed by atoms with Gasteiger partial charge in [0.15, 0.2) is 0 Å². The van der Waals surface area contributed by atoms with E-state index in [1.807, 2.05) is 6.92 Å². The molecule has 0 saturated carbocycles. The minimum absolute atomic E-state index is 0.0127. The molecule has 0 aromatic heterocycles. The Morgan fingerprint density at radius 3 is 3.00 bits per heavy atom. The molecular formula is C13H16ClNO2. The highest BCUT2D eigenvalue weighted by Gasteiger charge is 2.28. The molecule has 2 rings (SSSR count). The lowest BCUT2D eigenvalue weighted by molar-refractivity contribution is 0.0677. The molecule has 0 spiro atoms. The van der Waals surface area contributed by atoms with Crippen molar-refractivity contribution in [3.63, 3.8) is 0 Å². The number of nitrogens with zero attached hydrogens (tertiary/aromatic N) is 1. The molecule has 0 aliphatic carbocycles. The van der Waals surface area contributed by atoms with Crippen molar-refractivity contribution in [3.05, 3.63) is 34.3 Å². The Kier molecular flexibility index (Phi) is 3.69. The van der Waals surface area contributed by atoms with E-state index >= 15 is 0 Å². The number of aliphatic hydroxyl groups is 1. The van der Waals surface area contributed by atoms with Gasteiger partial charge in [-0.15, -0.1) is 0 Å². The van der Waals surface area contributed by atoms with E-state index < -0.39 is 0 Å². The smallest absolute Gasteiger partial charge is 0.254 e. The average Bonchev–Trinajstić information content (AvgIpc) is 2.80. The van der Waals surface area contributed by atoms with Gasteiger partial charge in [0, 0.05) is 17.1 Å². The van der Waals surface area contributed by atoms with Gasteiger partial charge >= 0.3 is 0 Å². The molecule has 0 bridgehead atoms. The third kappa shape index (κ3) is 2.45. The highest BCUT2D eigenvalue weighted by molar-refractivity contribution is 6.31. The van der Waals surface area contributed by atoms with Gasteiger partial charge in [0.05, 0.1) is 12.6 Å². The zero-order chi connectivity index (χ0) is 12.4. The van der Waals surface area contributed by atoms with E-state index in [1.165, 1.54) is 0 Å². The molecule has 1 heterocycles. The first-order valence-electron chi connectivity index (χ1n) is 5.81. The number of hydrogen-bond donors (Lipinski definition) is 1. The summed E-state index contributed by atoms with van der Waals surface area (Å²) >= 11 is 5.94. The van der Waals surface area contributed by atoms with Crippen molar-refractivity contribution < 1.29 is 9.90 Å². The van der Waals surface area contributed by atoms with Gasteiger partial charge < -0.3 is 10.0 Å². The van der Waals surface area contributed by atoms with Crippen molar-refractivity contribution in [2.24, 2.45) is 0 Å². The molecule has 3 nitrogen and oxygen atoms in total. The number of aryl methyl sites for hydroxylation is 1. The van der Waals surface area contributed by atoms with Crippen LogP contribution >= 0.6 is 11.6 Å². The highest BCUT2D eigenvalue weighted by Crippen LogP contribution is 2.22. The molecule has 4 heteroatoms. The second-order valence-electron chi connectivity index (χ2n) is 4.44. The van der Waals surface area contributed by atoms with Crippen LogP contribution in [0.2, 0.25) is 5.02 Å². The van der Waals surface area contributed by atoms with Crippen molar-refractivity contribution in [1.82, 2.24) is 4.90 Å². The summed E-state index contributed by atoms with van der Waals surface area (Å²) in [6, 6.07) is 5.26. The number of rotatable bonds is 2. The number of benzene rings is 1. The number of aliphatic hydroxyl groups excluding tert-OH is 1. The standard InChI is InChI=1S/C13H16ClNO2/c1-9-7-10(4-5-12(9)14)13(17)15-6-2-3-11(15)8-16/h4-5,7,11,16H,2-3,6,8H2,1H3. The maximum Gasteiger partial charge on any atom is 0.254 e. The fourth-order valence-electron chi connectivity index (χ4n) is 2.24. The molecule has 1 N–H and O–H groups in total. The van der Waals surface area contributed by atoms with Crippen molar-refractivity contribution in [1.29, 1.82) is 0 Å². The van der Waals surface area contributed by atoms with Crippen LogP contribution in [0.5, 0.6) is 0 Å². The predicted molar refractivity (Wildman–Crippen MR) is 67.3 cm³/mol. The lowest BCUT2D eigenvalue weighted by Gasteiger charge is -2.23. The zero-order valence-corrected chi connectivity index (χ0v) is 10.6. The Bertz CT molecular complexity index is 433. The molecule has 1 amide bonds. The molecule has 1 unspecified atom stereocenters. The Morgan fingerprint density at radius 1 is 1.59 bits per heavy atom. The molecule has 1 aliphatic heterocycles. The summed E-state index contributed by atoms with van der Waals surface area (Å²) < 4.78 is 0. The van der Waals surface area contributed by atoms with E-state index in [0.29, 0.717) is 10.6 Å². The molecule has 1 aliphatic rings. The third-order valence-corrected chi connectivity index (χ3v) is 3.68. The first-order valence-corrected chi connectivity index (χ1v) is 6.19. The summed E-state index contributed by atoms with van der Waals surface area (Å²) in [5, 5.41) is 9.88. The number of hydrogen-bond acceptors (Lipinski definition) is 2. The largest absolute Gasteiger partial charge is 0.394 e. The van der Waals surface area contributed by atoms with E-state index in [0.717, 1.165) is 24.9 Å². The van der Waals surface area contributed by atoms with Gasteiger partial charge in [0.1, 0.15) is 0 Å². The normalized spacial score (nSPS) is 19.7. The quantitative estimate of drug-likeness (QED) is 0.878. The molecule has 1 fully saturated rings. The Morgan fingerprint density at radius 2 is 2.35 bits per heavy atom. The van der Waals surface area contributed by atoms with Gasteiger partial charge in [0.2, 0.25) is 0 Å². The lowest BCUT2D eigenvalue weighted by Crippen LogP contribution is -2.37. The van der Waals surface area contributed by atoms with Crippen LogP contribution in [0.25, 0.3) is 0 Å². The van der Waals surface area contributed by atoms with Gasteiger partial charge in [-0.2, -0.15) is 0 Å². The minimum atomic E-state index is -0.0292. The van der Waals surface area contributed by atoms with E-state index in [4.69, 9.17) is 11.6 Å². The highest BCUT2D eigenvalue weighted by atomic mass is 35.5. The first-order chi connectivity index (χ1) is 8.13. The number of amides is 1. The molecule has 1 saturated heterocycles. The first kappa shape index (κ1) is 12.4. The summed E-state index contributed by atoms with van der Waals surface area (Å²) in [6.07, 6.45) is 1.85. The summed E-state index contributed by atoms with van der Waals surface area (Å²) in [6.45, 7) is 2.65. The van der Waals surface area contributed by atoms with Crippen LogP contribution in [-0.4, -0.2) is 35.1 Å². The van der Waals surface area contributed by atoms with E-state index in [1.54, 1.807) is 23.1 Å². The topological polar surface area (TPSA) is 40.5 Å². The van der Waals surface area contributed by atoms with E-state index in [2.05, 4.69) is 0 Å². The Balaban J connectivity index is 2.21. The minimum Gasteiger partial charge on any atom is -0.394 e. The molecule has 1 aromatic carbocycles. The summed E-state index contributed by atoms with van der Waals surface area (Å²) in [4.78, 5) is 14.0. The molecule has 0 radical (unpaired) electrons. The maximum atomic E-state index is 12.3. The fraction of sp³-hybridized carbons (Fsp3) is 0.462. The second-order valence-corrected chi connectivity index (χ2v) is 4.85. The van der Waals surface area contributed by atoms with Gasteiger partial charge in [-0.1, -0.05) is 11.6 Å². The maximum absolute atomic E-state index is 12.3. The summed E-state index contributed by atoms with van der Waals surface area (Å²) in [7, 11) is 0. The molecule has 1 aromatic rings. The Labute approximate surface area is 106 Å². The number of likely N-dealkylation sites (tertiary alicyclic amines) is 1. The van der Waals surface area contributed by atoms with Crippen LogP contribution in [0.15, 0.2) is 18.2 Å². The van der Waals surface area contributed by atoms with Gasteiger partial charge in [-0.05, 0) is 43.5 Å². The SMILES string of the molecule is Cc1cc(C(=O)N2CCCC2CO)ccc1Cl. The van der Waals surface area contributed by atoms with Crippen LogP contribution < -0.4 is 0 Å². The van der Waals surface area contributed by atoms with E-state index in [9.17, 15) is 9.90 Å².